The first-order valence-electron chi connectivity index (χ1n) is 7.69. The molecule has 0 aliphatic carbocycles. The molecule has 0 aliphatic rings. The van der Waals surface area contributed by atoms with Crippen LogP contribution in [0.3, 0.4) is 0 Å². The molecular weight excluding hydrogens is 282 g/mol. The first-order valence-corrected chi connectivity index (χ1v) is 8.57. The molecule has 0 spiro atoms. The van der Waals surface area contributed by atoms with Gasteiger partial charge in [-0.05, 0) is 37.3 Å². The average molecular weight is 305 g/mol. The van der Waals surface area contributed by atoms with Crippen molar-refractivity contribution in [3.8, 4) is 10.6 Å². The predicted molar refractivity (Wildman–Crippen MR) is 87.9 cm³/mol. The highest BCUT2D eigenvalue weighted by Gasteiger charge is 2.18. The normalized spacial score (nSPS) is 10.8. The molecule has 114 valence electrons. The third-order valence-electron chi connectivity index (χ3n) is 3.44. The van der Waals surface area contributed by atoms with Gasteiger partial charge < -0.3 is 9.72 Å². The van der Waals surface area contributed by atoms with Crippen molar-refractivity contribution in [2.24, 2.45) is 0 Å². The summed E-state index contributed by atoms with van der Waals surface area (Å²) in [6.45, 7) is 4.45. The van der Waals surface area contributed by atoms with E-state index in [0.29, 0.717) is 12.2 Å². The minimum absolute atomic E-state index is 0.239. The fourth-order valence-electron chi connectivity index (χ4n) is 2.37. The number of aromatic amines is 1. The van der Waals surface area contributed by atoms with Crippen LogP contribution in [0.15, 0.2) is 23.6 Å². The van der Waals surface area contributed by atoms with Crippen LogP contribution >= 0.6 is 11.3 Å². The largest absolute Gasteiger partial charge is 0.462 e. The topological polar surface area (TPSA) is 42.1 Å². The second kappa shape index (κ2) is 8.03. The number of nitrogens with one attached hydrogen (secondary N) is 1. The van der Waals surface area contributed by atoms with Crippen LogP contribution < -0.4 is 0 Å². The zero-order valence-electron chi connectivity index (χ0n) is 12.8. The van der Waals surface area contributed by atoms with Crippen molar-refractivity contribution in [2.45, 2.75) is 46.0 Å². The number of ether oxygens (including phenoxy) is 1. The van der Waals surface area contributed by atoms with E-state index < -0.39 is 0 Å². The molecule has 2 heterocycles. The molecule has 2 aromatic heterocycles. The lowest BCUT2D eigenvalue weighted by atomic mass is 10.1. The van der Waals surface area contributed by atoms with Crippen LogP contribution in [0.4, 0.5) is 0 Å². The molecule has 0 bridgehead atoms. The first kappa shape index (κ1) is 15.8. The minimum atomic E-state index is -0.239. The van der Waals surface area contributed by atoms with E-state index >= 15 is 0 Å². The summed E-state index contributed by atoms with van der Waals surface area (Å²) in [6.07, 6.45) is 5.87. The monoisotopic (exact) mass is 305 g/mol. The lowest BCUT2D eigenvalue weighted by Gasteiger charge is -2.01. The van der Waals surface area contributed by atoms with Gasteiger partial charge >= 0.3 is 5.97 Å². The number of aromatic nitrogens is 1. The van der Waals surface area contributed by atoms with Gasteiger partial charge in [0.1, 0.15) is 0 Å². The highest BCUT2D eigenvalue weighted by atomic mass is 32.1. The van der Waals surface area contributed by atoms with Gasteiger partial charge in [-0.1, -0.05) is 32.3 Å². The Kier molecular flexibility index (Phi) is 6.05. The minimum Gasteiger partial charge on any atom is -0.462 e. The zero-order chi connectivity index (χ0) is 15.1. The number of unbranched alkanes of at least 4 members (excludes halogenated alkanes) is 3. The maximum absolute atomic E-state index is 12.1. The molecule has 0 fully saturated rings. The van der Waals surface area contributed by atoms with E-state index in [1.54, 1.807) is 11.3 Å². The van der Waals surface area contributed by atoms with Crippen LogP contribution in [0.2, 0.25) is 0 Å². The summed E-state index contributed by atoms with van der Waals surface area (Å²) in [4.78, 5) is 16.6. The van der Waals surface area contributed by atoms with Gasteiger partial charge in [0.05, 0.1) is 22.7 Å². The van der Waals surface area contributed by atoms with E-state index in [4.69, 9.17) is 4.74 Å². The Balaban J connectivity index is 2.17. The molecule has 21 heavy (non-hydrogen) atoms. The molecule has 2 rings (SSSR count). The third-order valence-corrected chi connectivity index (χ3v) is 4.32. The molecule has 0 aliphatic heterocycles. The average Bonchev–Trinajstić information content (AvgIpc) is 3.12. The van der Waals surface area contributed by atoms with Crippen LogP contribution in [0.25, 0.3) is 10.6 Å². The van der Waals surface area contributed by atoms with Gasteiger partial charge in [0.25, 0.3) is 0 Å². The molecule has 3 nitrogen and oxygen atoms in total. The Morgan fingerprint density at radius 2 is 2.14 bits per heavy atom. The summed E-state index contributed by atoms with van der Waals surface area (Å²) < 4.78 is 5.17. The van der Waals surface area contributed by atoms with Crippen LogP contribution in [0.5, 0.6) is 0 Å². The fraction of sp³-hybridized carbons (Fsp3) is 0.471. The van der Waals surface area contributed by atoms with Crippen molar-refractivity contribution < 1.29 is 9.53 Å². The highest BCUT2D eigenvalue weighted by Crippen LogP contribution is 2.29. The van der Waals surface area contributed by atoms with Crippen LogP contribution in [-0.2, 0) is 11.2 Å². The van der Waals surface area contributed by atoms with Crippen molar-refractivity contribution in [3.05, 3.63) is 34.8 Å². The Morgan fingerprint density at radius 3 is 2.81 bits per heavy atom. The van der Waals surface area contributed by atoms with Crippen molar-refractivity contribution in [3.63, 3.8) is 0 Å². The lowest BCUT2D eigenvalue weighted by molar-refractivity contribution is 0.0527. The number of rotatable bonds is 8. The van der Waals surface area contributed by atoms with Gasteiger partial charge in [-0.2, -0.15) is 0 Å². The summed E-state index contributed by atoms with van der Waals surface area (Å²) in [5, 5.41) is 2.02. The summed E-state index contributed by atoms with van der Waals surface area (Å²) in [5.74, 6) is -0.239. The van der Waals surface area contributed by atoms with E-state index in [9.17, 15) is 4.79 Å². The van der Waals surface area contributed by atoms with Gasteiger partial charge in [0.15, 0.2) is 0 Å². The third kappa shape index (κ3) is 4.21. The van der Waals surface area contributed by atoms with Crippen LogP contribution in [0.1, 0.15) is 55.6 Å². The van der Waals surface area contributed by atoms with Crippen LogP contribution in [0, 0.1) is 0 Å². The van der Waals surface area contributed by atoms with E-state index in [0.717, 1.165) is 29.1 Å². The molecule has 0 radical (unpaired) electrons. The second-order valence-corrected chi connectivity index (χ2v) is 6.04. The molecule has 1 N–H and O–H groups in total. The molecular formula is C17H23NO2S. The van der Waals surface area contributed by atoms with Gasteiger partial charge in [-0.25, -0.2) is 4.79 Å². The second-order valence-electron chi connectivity index (χ2n) is 5.09. The number of hydrogen-bond donors (Lipinski definition) is 1. The van der Waals surface area contributed by atoms with Crippen molar-refractivity contribution in [1.82, 2.24) is 4.98 Å². The first-order chi connectivity index (χ1) is 10.3. The lowest BCUT2D eigenvalue weighted by Crippen LogP contribution is -2.04. The van der Waals surface area contributed by atoms with Crippen molar-refractivity contribution >= 4 is 17.3 Å². The SMILES string of the molecule is CCCCCCc1cc(C(=O)OCC)c(-c2cccs2)[nH]1. The van der Waals surface area contributed by atoms with E-state index in [1.807, 2.05) is 30.5 Å². The quantitative estimate of drug-likeness (QED) is 0.548. The molecule has 0 unspecified atom stereocenters. The number of carbonyl (C=O) groups is 1. The smallest absolute Gasteiger partial charge is 0.340 e. The van der Waals surface area contributed by atoms with Gasteiger partial charge in [-0.3, -0.25) is 0 Å². The van der Waals surface area contributed by atoms with Crippen molar-refractivity contribution in [2.75, 3.05) is 6.61 Å². The Morgan fingerprint density at radius 1 is 1.29 bits per heavy atom. The Bertz CT molecular complexity index is 557. The Labute approximate surface area is 130 Å². The summed E-state index contributed by atoms with van der Waals surface area (Å²) in [5.41, 5.74) is 2.68. The summed E-state index contributed by atoms with van der Waals surface area (Å²) >= 11 is 1.63. The van der Waals surface area contributed by atoms with E-state index in [1.165, 1.54) is 19.3 Å². The molecule has 2 aromatic rings. The fourth-order valence-corrected chi connectivity index (χ4v) is 3.11. The van der Waals surface area contributed by atoms with Gasteiger partial charge in [0, 0.05) is 5.69 Å². The van der Waals surface area contributed by atoms with Crippen LogP contribution in [-0.4, -0.2) is 17.6 Å². The standard InChI is InChI=1S/C17H23NO2S/c1-3-5-6-7-9-13-12-14(17(19)20-4-2)16(18-13)15-10-8-11-21-15/h8,10-12,18H,3-7,9H2,1-2H3. The molecule has 4 heteroatoms. The number of hydrogen-bond acceptors (Lipinski definition) is 3. The number of thiophene rings is 1. The summed E-state index contributed by atoms with van der Waals surface area (Å²) in [6, 6.07) is 5.98. The van der Waals surface area contributed by atoms with E-state index in [2.05, 4.69) is 11.9 Å². The number of carbonyl (C=O) groups excluding carboxylic acids is 1. The Hall–Kier alpha value is -1.55. The molecule has 0 amide bonds. The number of esters is 1. The predicted octanol–water partition coefficient (Wildman–Crippen LogP) is 5.04. The molecule has 0 saturated heterocycles. The zero-order valence-corrected chi connectivity index (χ0v) is 13.6. The highest BCUT2D eigenvalue weighted by molar-refractivity contribution is 7.13. The number of aryl methyl sites for hydroxylation is 1. The maximum atomic E-state index is 12.1. The van der Waals surface area contributed by atoms with E-state index in [-0.39, 0.29) is 5.97 Å². The molecule has 0 atom stereocenters. The number of H-pyrrole nitrogens is 1. The molecule has 0 saturated carbocycles. The maximum Gasteiger partial charge on any atom is 0.340 e. The van der Waals surface area contributed by atoms with Gasteiger partial charge in [-0.15, -0.1) is 11.3 Å². The molecule has 0 aromatic carbocycles. The van der Waals surface area contributed by atoms with Crippen molar-refractivity contribution in [1.29, 1.82) is 0 Å². The summed E-state index contributed by atoms with van der Waals surface area (Å²) in [7, 11) is 0. The van der Waals surface area contributed by atoms with Gasteiger partial charge in [0.2, 0.25) is 0 Å².